The van der Waals surface area contributed by atoms with Crippen molar-refractivity contribution in [2.24, 2.45) is 29.4 Å². The molecule has 0 saturated carbocycles. The number of rotatable bonds is 35. The Hall–Kier alpha value is -10.6. The molecule has 11 amide bonds. The minimum atomic E-state index is -1.92. The van der Waals surface area contributed by atoms with Crippen molar-refractivity contribution in [1.82, 2.24) is 73.4 Å². The number of phenolic OH excluding ortho intramolecular Hbond substituents is 1. The van der Waals surface area contributed by atoms with Crippen LogP contribution in [-0.4, -0.2) is 202 Å². The van der Waals surface area contributed by atoms with Crippen LogP contribution in [-0.2, 0) is 92.8 Å². The van der Waals surface area contributed by atoms with Gasteiger partial charge in [-0.25, -0.2) is 9.78 Å². The van der Waals surface area contributed by atoms with Crippen LogP contribution in [0.2, 0.25) is 0 Å². The second kappa shape index (κ2) is 42.1. The SMILES string of the molecule is CC[C@H](C)[C@H](NC(=O)[C@H](CC(=O)O)NC(=O)[C@H](CC(C)C)NC(=O)[C@H](Cc1c[nH]cn1)NC(=O)[C@@H]1CSSC[C@H](NC(=O)[C@@H](N)CCC(=O)O)C(=O)N[C@@H](C(C)C)C(=O)N[C@@H](Cc2ccc(O)cc2)C(=O)N[C@@H](Cc2ccccc2)C(=O)N1)C(=O)N[C@H](C(=O)N[C@@H](Cc1c[nH]c2ccccc12)C(=O)O)[C@@H](C)CC. The average Bonchev–Trinajstić information content (AvgIpc) is 1.59. The molecule has 0 radical (unpaired) electrons. The minimum Gasteiger partial charge on any atom is -0.508 e. The number of fused-ring (bicyclic) bond motifs is 1. The van der Waals surface area contributed by atoms with Crippen molar-refractivity contribution in [2.75, 3.05) is 11.5 Å². The molecule has 0 unspecified atom stereocenters. The van der Waals surface area contributed by atoms with E-state index >= 15 is 9.59 Å². The fourth-order valence-corrected chi connectivity index (χ4v) is 14.0. The Morgan fingerprint density at radius 2 is 1.13 bits per heavy atom. The van der Waals surface area contributed by atoms with E-state index in [2.05, 4.69) is 73.4 Å². The summed E-state index contributed by atoms with van der Waals surface area (Å²) < 4.78 is 0. The van der Waals surface area contributed by atoms with Gasteiger partial charge < -0.3 is 94.6 Å². The number of nitrogens with two attached hydrogens (primary N) is 1. The van der Waals surface area contributed by atoms with E-state index in [1.54, 1.807) is 110 Å². The summed E-state index contributed by atoms with van der Waals surface area (Å²) >= 11 is 0. The molecule has 14 atom stereocenters. The molecule has 108 heavy (non-hydrogen) atoms. The second-order valence-corrected chi connectivity index (χ2v) is 30.1. The van der Waals surface area contributed by atoms with Gasteiger partial charge >= 0.3 is 17.9 Å². The number of hydrogen-bond acceptors (Lipinski definition) is 19. The summed E-state index contributed by atoms with van der Waals surface area (Å²) in [7, 11) is 1.83. The van der Waals surface area contributed by atoms with Crippen LogP contribution in [0, 0.1) is 23.7 Å². The number of amides is 11. The number of nitrogens with one attached hydrogen (secondary N) is 13. The van der Waals surface area contributed by atoms with Gasteiger partial charge in [0.05, 0.1) is 24.5 Å². The van der Waals surface area contributed by atoms with Gasteiger partial charge in [-0.3, -0.25) is 62.3 Å². The lowest BCUT2D eigenvalue weighted by Gasteiger charge is -2.31. The Morgan fingerprint density at radius 1 is 0.574 bits per heavy atom. The molecule has 33 nitrogen and oxygen atoms in total. The van der Waals surface area contributed by atoms with Gasteiger partial charge in [0.15, 0.2) is 0 Å². The number of carboxylic acid groups (broad SMARTS) is 3. The number of carboxylic acids is 3. The van der Waals surface area contributed by atoms with Gasteiger partial charge in [0.25, 0.3) is 0 Å². The lowest BCUT2D eigenvalue weighted by Crippen LogP contribution is -2.62. The smallest absolute Gasteiger partial charge is 0.326 e. The molecule has 35 heteroatoms. The van der Waals surface area contributed by atoms with Crippen molar-refractivity contribution in [2.45, 2.75) is 192 Å². The van der Waals surface area contributed by atoms with Crippen molar-refractivity contribution < 1.29 is 87.5 Å². The zero-order chi connectivity index (χ0) is 79.5. The van der Waals surface area contributed by atoms with Crippen molar-refractivity contribution in [3.05, 3.63) is 120 Å². The Morgan fingerprint density at radius 3 is 1.72 bits per heavy atom. The van der Waals surface area contributed by atoms with Gasteiger partial charge in [-0.1, -0.05) is 150 Å². The maximum absolute atomic E-state index is 15.2. The number of aliphatic carboxylic acids is 3. The number of carbonyl (C=O) groups excluding carboxylic acids is 11. The summed E-state index contributed by atoms with van der Waals surface area (Å²) in [5, 5.41) is 69.6. The van der Waals surface area contributed by atoms with Crippen LogP contribution in [0.15, 0.2) is 97.6 Å². The highest BCUT2D eigenvalue weighted by molar-refractivity contribution is 8.76. The molecule has 3 aromatic carbocycles. The number of benzene rings is 3. The zero-order valence-electron chi connectivity index (χ0n) is 61.3. The Balaban J connectivity index is 1.29. The van der Waals surface area contributed by atoms with Crippen LogP contribution in [0.1, 0.15) is 116 Å². The number of hydrogen-bond donors (Lipinski definition) is 18. The van der Waals surface area contributed by atoms with Crippen LogP contribution >= 0.6 is 21.6 Å². The van der Waals surface area contributed by atoms with Crippen LogP contribution in [0.3, 0.4) is 0 Å². The third-order valence-electron chi connectivity index (χ3n) is 18.2. The van der Waals surface area contributed by atoms with E-state index in [4.69, 9.17) is 5.73 Å². The van der Waals surface area contributed by atoms with Gasteiger partial charge in [-0.05, 0) is 71.4 Å². The number of carbonyl (C=O) groups is 14. The number of imidazole rings is 1. The average molecular weight is 1540 g/mol. The molecule has 586 valence electrons. The van der Waals surface area contributed by atoms with E-state index in [0.29, 0.717) is 23.1 Å². The Bertz CT molecular complexity index is 3940. The van der Waals surface area contributed by atoms with E-state index in [1.165, 1.54) is 36.8 Å². The molecule has 3 heterocycles. The van der Waals surface area contributed by atoms with E-state index in [1.807, 2.05) is 6.07 Å². The third-order valence-corrected chi connectivity index (χ3v) is 20.7. The number of nitrogens with zero attached hydrogens (tertiary/aromatic N) is 1. The lowest BCUT2D eigenvalue weighted by atomic mass is 9.94. The van der Waals surface area contributed by atoms with Crippen molar-refractivity contribution in [1.29, 1.82) is 0 Å². The molecule has 1 aliphatic rings. The van der Waals surface area contributed by atoms with E-state index in [9.17, 15) is 78.0 Å². The van der Waals surface area contributed by atoms with E-state index < -0.39 is 192 Å². The Kier molecular flexibility index (Phi) is 33.7. The van der Waals surface area contributed by atoms with Gasteiger partial charge in [-0.15, -0.1) is 0 Å². The highest BCUT2D eigenvalue weighted by atomic mass is 33.1. The van der Waals surface area contributed by atoms with Crippen LogP contribution in [0.4, 0.5) is 0 Å². The molecular formula is C73H99N15O18S2. The van der Waals surface area contributed by atoms with Gasteiger partial charge in [0.1, 0.15) is 72.2 Å². The fourth-order valence-electron chi connectivity index (χ4n) is 11.6. The number of phenols is 1. The minimum absolute atomic E-state index is 0.104. The predicted molar refractivity (Wildman–Crippen MR) is 400 cm³/mol. The molecule has 0 aliphatic carbocycles. The molecule has 1 fully saturated rings. The molecule has 5 aromatic rings. The normalized spacial score (nSPS) is 19.3. The van der Waals surface area contributed by atoms with Crippen LogP contribution < -0.4 is 64.2 Å². The van der Waals surface area contributed by atoms with Gasteiger partial charge in [0.2, 0.25) is 65.0 Å². The van der Waals surface area contributed by atoms with Crippen molar-refractivity contribution >= 4 is 115 Å². The van der Waals surface area contributed by atoms with Crippen molar-refractivity contribution in [3.8, 4) is 5.75 Å². The maximum atomic E-state index is 15.2. The predicted octanol–water partition coefficient (Wildman–Crippen LogP) is 1.14. The summed E-state index contributed by atoms with van der Waals surface area (Å²) in [6.45, 7) is 13.4. The Labute approximate surface area is 632 Å². The molecule has 2 aromatic heterocycles. The first-order chi connectivity index (χ1) is 51.2. The number of H-pyrrole nitrogens is 2. The molecule has 1 aliphatic heterocycles. The number of para-hydroxylation sites is 1. The summed E-state index contributed by atoms with van der Waals surface area (Å²) in [6, 6.07) is 3.09. The van der Waals surface area contributed by atoms with Crippen molar-refractivity contribution in [3.63, 3.8) is 0 Å². The largest absolute Gasteiger partial charge is 0.508 e. The first-order valence-corrected chi connectivity index (χ1v) is 38.1. The lowest BCUT2D eigenvalue weighted by molar-refractivity contribution is -0.143. The molecule has 19 N–H and O–H groups in total. The quantitative estimate of drug-likeness (QED) is 0.0253. The first-order valence-electron chi connectivity index (χ1n) is 35.6. The second-order valence-electron chi connectivity index (χ2n) is 27.5. The summed E-state index contributed by atoms with van der Waals surface area (Å²) in [5.74, 6) is -17.7. The van der Waals surface area contributed by atoms with Gasteiger partial charge in [0, 0.05) is 66.9 Å². The van der Waals surface area contributed by atoms with Gasteiger partial charge in [-0.2, -0.15) is 0 Å². The maximum Gasteiger partial charge on any atom is 0.326 e. The number of aromatic nitrogens is 3. The first kappa shape index (κ1) is 86.4. The third kappa shape index (κ3) is 26.7. The fraction of sp³-hybridized carbons (Fsp3) is 0.493. The van der Waals surface area contributed by atoms with E-state index in [0.717, 1.165) is 32.5 Å². The summed E-state index contributed by atoms with van der Waals surface area (Å²) in [4.78, 5) is 207. The highest BCUT2D eigenvalue weighted by Crippen LogP contribution is 2.25. The van der Waals surface area contributed by atoms with Crippen LogP contribution in [0.25, 0.3) is 10.9 Å². The van der Waals surface area contributed by atoms with E-state index in [-0.39, 0.29) is 67.9 Å². The summed E-state index contributed by atoms with van der Waals surface area (Å²) in [6.07, 6.45) is 2.00. The monoisotopic (exact) mass is 1540 g/mol. The number of aromatic hydroxyl groups is 1. The van der Waals surface area contributed by atoms with Crippen LogP contribution in [0.5, 0.6) is 5.75 Å². The zero-order valence-corrected chi connectivity index (χ0v) is 62.9. The molecule has 6 rings (SSSR count). The summed E-state index contributed by atoms with van der Waals surface area (Å²) in [5.41, 5.74) is 8.62. The molecular weight excluding hydrogens is 1440 g/mol. The molecule has 0 bridgehead atoms. The molecule has 1 saturated heterocycles. The standard InChI is InChI=1S/C73H99N15O18S2/c1-9-39(7)60(71(103)83-54(73(105)106)29-43-32-76-48-19-15-14-18-46(43)48)88-72(104)61(40(8)10-2)87-67(99)53(31-58(92)93)81-63(95)49(26-37(3)4)78-66(98)52(30-44-33-75-36-77-44)80-68(100)55-34-107-108-35-56(84-62(94)47(74)24-25-57(90)91)69(101)86-59(38(5)6)70(102)82-51(28-42-20-22-45(89)23-21-42)64(96)79-50(65(97)85-55)27-41-16-12-11-13-17-41/h11-23,32-33,36-40,47,49-56,59-61,76,89H,9-10,24-31,34-35,74H2,1-8H3,(H,75,77)(H,78,98)(H,79,96)(H,80,100)(H,81,95)(H,82,102)(H,83,103)(H,84,94)(H,85,97)(H,86,101)(H,87,99)(H,88,104)(H,90,91)(H,92,93)(H,105,106)/t39-,40-,47-,49-,50-,51-,52-,53-,54-,55-,56-,59-,60-,61-/m0/s1. The number of aromatic amines is 2. The molecule has 0 spiro atoms. The topological polar surface area (TPSA) is 523 Å². The highest BCUT2D eigenvalue weighted by Gasteiger charge is 2.40.